The van der Waals surface area contributed by atoms with Crippen molar-refractivity contribution >= 4 is 6.09 Å². The molecular formula is C8H17N2O2+. The lowest BCUT2D eigenvalue weighted by molar-refractivity contribution is -0.895. The molecule has 0 bridgehead atoms. The zero-order valence-corrected chi connectivity index (χ0v) is 7.71. The summed E-state index contributed by atoms with van der Waals surface area (Å²) in [6.45, 7) is 2.12. The van der Waals surface area contributed by atoms with Gasteiger partial charge in [0.2, 0.25) is 0 Å². The largest absolute Gasteiger partial charge is 0.465 e. The first-order chi connectivity index (χ1) is 5.49. The van der Waals surface area contributed by atoms with E-state index in [9.17, 15) is 4.79 Å². The molecule has 12 heavy (non-hydrogen) atoms. The normalized spacial score (nSPS) is 23.5. The molecule has 1 aliphatic rings. The predicted molar refractivity (Wildman–Crippen MR) is 46.0 cm³/mol. The monoisotopic (exact) mass is 173 g/mol. The van der Waals surface area contributed by atoms with Gasteiger partial charge in [-0.15, -0.1) is 0 Å². The molecule has 0 aromatic heterocycles. The fraction of sp³-hybridized carbons (Fsp3) is 0.875. The molecule has 0 aliphatic carbocycles. The van der Waals surface area contributed by atoms with Crippen molar-refractivity contribution in [3.8, 4) is 0 Å². The first kappa shape index (κ1) is 9.32. The second kappa shape index (κ2) is 3.31. The summed E-state index contributed by atoms with van der Waals surface area (Å²) in [6.07, 6.45) is 1.02. The van der Waals surface area contributed by atoms with Crippen molar-refractivity contribution in [1.82, 2.24) is 5.32 Å². The van der Waals surface area contributed by atoms with Crippen molar-refractivity contribution in [2.75, 3.05) is 27.2 Å². The average Bonchev–Trinajstić information content (AvgIpc) is 1.93. The van der Waals surface area contributed by atoms with E-state index >= 15 is 0 Å². The molecule has 2 N–H and O–H groups in total. The molecule has 0 atom stereocenters. The number of likely N-dealkylation sites (tertiary alicyclic amines) is 1. The summed E-state index contributed by atoms with van der Waals surface area (Å²) < 4.78 is 1.01. The summed E-state index contributed by atoms with van der Waals surface area (Å²) in [5, 5.41) is 11.0. The molecule has 70 valence electrons. The van der Waals surface area contributed by atoms with E-state index in [4.69, 9.17) is 5.11 Å². The van der Waals surface area contributed by atoms with Crippen molar-refractivity contribution in [2.24, 2.45) is 0 Å². The maximum Gasteiger partial charge on any atom is 0.404 e. The highest BCUT2D eigenvalue weighted by Crippen LogP contribution is 2.13. The number of carbonyl (C=O) groups is 1. The molecule has 1 heterocycles. The summed E-state index contributed by atoms with van der Waals surface area (Å²) in [4.78, 5) is 10.3. The molecule has 0 aromatic rings. The van der Waals surface area contributed by atoms with E-state index in [-0.39, 0.29) is 6.04 Å². The van der Waals surface area contributed by atoms with Gasteiger partial charge < -0.3 is 14.9 Å². The number of nitrogens with zero attached hydrogens (tertiary/aromatic N) is 1. The van der Waals surface area contributed by atoms with E-state index in [2.05, 4.69) is 19.4 Å². The van der Waals surface area contributed by atoms with Crippen LogP contribution in [0.25, 0.3) is 0 Å². The van der Waals surface area contributed by atoms with Crippen molar-refractivity contribution in [2.45, 2.75) is 18.9 Å². The average molecular weight is 173 g/mol. The summed E-state index contributed by atoms with van der Waals surface area (Å²) >= 11 is 0. The Labute approximate surface area is 72.8 Å². The maximum absolute atomic E-state index is 10.3. The number of hydrogen-bond donors (Lipinski definition) is 2. The van der Waals surface area contributed by atoms with E-state index in [1.807, 2.05) is 0 Å². The quantitative estimate of drug-likeness (QED) is 0.567. The minimum atomic E-state index is -0.896. The van der Waals surface area contributed by atoms with E-state index in [1.165, 1.54) is 0 Å². The van der Waals surface area contributed by atoms with Crippen LogP contribution < -0.4 is 5.32 Å². The third kappa shape index (κ3) is 2.70. The summed E-state index contributed by atoms with van der Waals surface area (Å²) in [5.74, 6) is 0. The molecule has 0 radical (unpaired) electrons. The van der Waals surface area contributed by atoms with Gasteiger partial charge in [-0.2, -0.15) is 0 Å². The van der Waals surface area contributed by atoms with Crippen LogP contribution in [0.5, 0.6) is 0 Å². The van der Waals surface area contributed by atoms with Gasteiger partial charge in [0.05, 0.1) is 27.2 Å². The van der Waals surface area contributed by atoms with Gasteiger partial charge in [0, 0.05) is 18.9 Å². The number of piperidine rings is 1. The number of carboxylic acid groups (broad SMARTS) is 1. The number of rotatable bonds is 1. The first-order valence-corrected chi connectivity index (χ1v) is 4.31. The fourth-order valence-electron chi connectivity index (χ4n) is 1.59. The highest BCUT2D eigenvalue weighted by atomic mass is 16.4. The van der Waals surface area contributed by atoms with Gasteiger partial charge in [0.15, 0.2) is 0 Å². The Morgan fingerprint density at radius 3 is 2.33 bits per heavy atom. The van der Waals surface area contributed by atoms with Crippen molar-refractivity contribution in [3.63, 3.8) is 0 Å². The van der Waals surface area contributed by atoms with Crippen LogP contribution in [0.2, 0.25) is 0 Å². The summed E-state index contributed by atoms with van der Waals surface area (Å²) in [7, 11) is 4.36. The molecule has 1 fully saturated rings. The van der Waals surface area contributed by atoms with E-state index in [0.717, 1.165) is 30.4 Å². The summed E-state index contributed by atoms with van der Waals surface area (Å²) in [6, 6.07) is 0.175. The standard InChI is InChI=1S/C8H16N2O2/c1-10(2)5-3-7(4-6-10)9-8(11)12/h7,9H,3-6H2,1-2H3/p+1. The lowest BCUT2D eigenvalue weighted by Crippen LogP contribution is -2.51. The molecule has 4 heteroatoms. The smallest absolute Gasteiger partial charge is 0.404 e. The van der Waals surface area contributed by atoms with Crippen LogP contribution in [0.1, 0.15) is 12.8 Å². The van der Waals surface area contributed by atoms with Crippen LogP contribution in [-0.4, -0.2) is 48.9 Å². The van der Waals surface area contributed by atoms with Gasteiger partial charge in [0.25, 0.3) is 0 Å². The first-order valence-electron chi connectivity index (χ1n) is 4.31. The van der Waals surface area contributed by atoms with Gasteiger partial charge >= 0.3 is 6.09 Å². The number of hydrogen-bond acceptors (Lipinski definition) is 1. The van der Waals surface area contributed by atoms with Gasteiger partial charge in [-0.1, -0.05) is 0 Å². The predicted octanol–water partition coefficient (Wildman–Crippen LogP) is 0.493. The molecule has 0 aromatic carbocycles. The Balaban J connectivity index is 2.31. The Morgan fingerprint density at radius 2 is 1.92 bits per heavy atom. The van der Waals surface area contributed by atoms with E-state index in [0.29, 0.717) is 0 Å². The summed E-state index contributed by atoms with van der Waals surface area (Å²) in [5.41, 5.74) is 0. The molecule has 1 saturated heterocycles. The van der Waals surface area contributed by atoms with Gasteiger partial charge in [-0.3, -0.25) is 0 Å². The van der Waals surface area contributed by atoms with Crippen molar-refractivity contribution < 1.29 is 14.4 Å². The second-order valence-electron chi connectivity index (χ2n) is 4.11. The minimum Gasteiger partial charge on any atom is -0.465 e. The highest BCUT2D eigenvalue weighted by molar-refractivity contribution is 5.64. The Morgan fingerprint density at radius 1 is 1.42 bits per heavy atom. The van der Waals surface area contributed by atoms with Crippen LogP contribution in [0.4, 0.5) is 4.79 Å². The van der Waals surface area contributed by atoms with Crippen LogP contribution >= 0.6 is 0 Å². The topological polar surface area (TPSA) is 49.3 Å². The molecule has 0 spiro atoms. The Kier molecular flexibility index (Phi) is 2.57. The third-order valence-electron chi connectivity index (χ3n) is 2.49. The fourth-order valence-corrected chi connectivity index (χ4v) is 1.59. The van der Waals surface area contributed by atoms with Crippen LogP contribution in [0.3, 0.4) is 0 Å². The van der Waals surface area contributed by atoms with Crippen LogP contribution in [-0.2, 0) is 0 Å². The highest BCUT2D eigenvalue weighted by Gasteiger charge is 2.26. The molecule has 1 rings (SSSR count). The van der Waals surface area contributed by atoms with Crippen molar-refractivity contribution in [1.29, 1.82) is 0 Å². The van der Waals surface area contributed by atoms with Crippen LogP contribution in [0, 0.1) is 0 Å². The number of amides is 1. The minimum absolute atomic E-state index is 0.175. The van der Waals surface area contributed by atoms with E-state index in [1.54, 1.807) is 0 Å². The zero-order chi connectivity index (χ0) is 9.19. The lowest BCUT2D eigenvalue weighted by Gasteiger charge is -2.36. The van der Waals surface area contributed by atoms with Gasteiger partial charge in [-0.05, 0) is 0 Å². The Hall–Kier alpha value is -0.770. The molecule has 1 aliphatic heterocycles. The molecular weight excluding hydrogens is 156 g/mol. The molecule has 0 saturated carbocycles. The maximum atomic E-state index is 10.3. The van der Waals surface area contributed by atoms with Gasteiger partial charge in [-0.25, -0.2) is 4.79 Å². The molecule has 1 amide bonds. The van der Waals surface area contributed by atoms with Gasteiger partial charge in [0.1, 0.15) is 0 Å². The number of nitrogens with one attached hydrogen (secondary N) is 1. The zero-order valence-electron chi connectivity index (χ0n) is 7.71. The van der Waals surface area contributed by atoms with Crippen molar-refractivity contribution in [3.05, 3.63) is 0 Å². The number of quaternary nitrogens is 1. The van der Waals surface area contributed by atoms with E-state index < -0.39 is 6.09 Å². The molecule has 0 unspecified atom stereocenters. The lowest BCUT2D eigenvalue weighted by atomic mass is 10.0. The third-order valence-corrected chi connectivity index (χ3v) is 2.49. The second-order valence-corrected chi connectivity index (χ2v) is 4.11. The molecule has 4 nitrogen and oxygen atoms in total. The SMILES string of the molecule is C[N+]1(C)CCC(NC(=O)O)CC1. The Bertz CT molecular complexity index is 170. The van der Waals surface area contributed by atoms with Crippen LogP contribution in [0.15, 0.2) is 0 Å².